The molecule has 1 aromatic heterocycles. The summed E-state index contributed by atoms with van der Waals surface area (Å²) in [6, 6.07) is 6.55. The number of carbonyl (C=O) groups excluding carboxylic acids is 2. The van der Waals surface area contributed by atoms with Crippen LogP contribution in [0.2, 0.25) is 0 Å². The van der Waals surface area contributed by atoms with Crippen molar-refractivity contribution in [1.82, 2.24) is 20.0 Å². The summed E-state index contributed by atoms with van der Waals surface area (Å²) in [7, 11) is -3.25. The van der Waals surface area contributed by atoms with Crippen molar-refractivity contribution in [1.29, 1.82) is 0 Å². The smallest absolute Gasteiger partial charge is 0.321 e. The van der Waals surface area contributed by atoms with E-state index in [1.54, 1.807) is 18.0 Å². The molecule has 0 bridgehead atoms. The van der Waals surface area contributed by atoms with Gasteiger partial charge < -0.3 is 10.2 Å². The fourth-order valence-corrected chi connectivity index (χ4v) is 4.55. The Morgan fingerprint density at radius 3 is 2.52 bits per heavy atom. The third-order valence-electron chi connectivity index (χ3n) is 6.08. The standard InChI is InChI=1S/C22H28N6O4S/c1-15-12-24-19(13-23-15)27-21(30)26-18-4-3-11-28(20(18)29)17-7-5-16(6-8-17)22(9-10-22)14-25-33(2,31)32/h5-8,12-13,18,25H,3-4,9-11,14H2,1-2H3,(H2,24,26,27,30)/t18-/m1/s1. The molecule has 0 spiro atoms. The van der Waals surface area contributed by atoms with Crippen molar-refractivity contribution in [2.75, 3.05) is 29.6 Å². The monoisotopic (exact) mass is 472 g/mol. The van der Waals surface area contributed by atoms with Crippen molar-refractivity contribution in [2.45, 2.75) is 44.1 Å². The summed E-state index contributed by atoms with van der Waals surface area (Å²) in [4.78, 5) is 35.2. The van der Waals surface area contributed by atoms with Crippen molar-refractivity contribution >= 4 is 33.5 Å². The lowest BCUT2D eigenvalue weighted by molar-refractivity contribution is -0.121. The van der Waals surface area contributed by atoms with Gasteiger partial charge in [0.2, 0.25) is 15.9 Å². The van der Waals surface area contributed by atoms with Gasteiger partial charge in [-0.15, -0.1) is 0 Å². The second-order valence-electron chi connectivity index (χ2n) is 8.75. The number of urea groups is 1. The van der Waals surface area contributed by atoms with E-state index in [1.165, 1.54) is 6.20 Å². The zero-order chi connectivity index (χ0) is 23.6. The normalized spacial score (nSPS) is 19.8. The Morgan fingerprint density at radius 1 is 1.18 bits per heavy atom. The fourth-order valence-electron chi connectivity index (χ4n) is 4.02. The first-order valence-corrected chi connectivity index (χ1v) is 12.8. The number of piperidine rings is 1. The molecule has 1 aromatic carbocycles. The molecule has 2 aromatic rings. The summed E-state index contributed by atoms with van der Waals surface area (Å²) in [6.07, 6.45) is 7.33. The maximum Gasteiger partial charge on any atom is 0.321 e. The van der Waals surface area contributed by atoms with E-state index in [0.29, 0.717) is 25.3 Å². The molecule has 11 heteroatoms. The Bertz CT molecular complexity index is 1130. The summed E-state index contributed by atoms with van der Waals surface area (Å²) in [5.74, 6) is 0.146. The Kier molecular flexibility index (Phi) is 6.35. The highest BCUT2D eigenvalue weighted by molar-refractivity contribution is 7.88. The molecule has 2 heterocycles. The third-order valence-corrected chi connectivity index (χ3v) is 6.75. The van der Waals surface area contributed by atoms with E-state index in [2.05, 4.69) is 25.3 Å². The first-order valence-electron chi connectivity index (χ1n) is 10.9. The summed E-state index contributed by atoms with van der Waals surface area (Å²) in [5, 5.41) is 5.34. The maximum absolute atomic E-state index is 13.0. The number of nitrogens with zero attached hydrogens (tertiary/aromatic N) is 3. The number of anilines is 2. The average Bonchev–Trinajstić information content (AvgIpc) is 3.56. The fraction of sp³-hybridized carbons (Fsp3) is 0.455. The molecule has 1 saturated heterocycles. The Morgan fingerprint density at radius 2 is 1.91 bits per heavy atom. The Labute approximate surface area is 193 Å². The van der Waals surface area contributed by atoms with E-state index < -0.39 is 22.1 Å². The number of nitrogens with one attached hydrogen (secondary N) is 3. The molecule has 1 saturated carbocycles. The number of sulfonamides is 1. The first-order chi connectivity index (χ1) is 15.7. The van der Waals surface area contributed by atoms with Gasteiger partial charge in [-0.05, 0) is 50.3 Å². The molecule has 1 aliphatic heterocycles. The molecule has 3 amide bonds. The number of aryl methyl sites for hydroxylation is 1. The predicted octanol–water partition coefficient (Wildman–Crippen LogP) is 1.68. The highest BCUT2D eigenvalue weighted by Crippen LogP contribution is 2.48. The molecular weight excluding hydrogens is 444 g/mol. The van der Waals surface area contributed by atoms with E-state index in [0.717, 1.165) is 42.5 Å². The zero-order valence-corrected chi connectivity index (χ0v) is 19.5. The second kappa shape index (κ2) is 9.06. The van der Waals surface area contributed by atoms with Crippen LogP contribution in [0.25, 0.3) is 0 Å². The lowest BCUT2D eigenvalue weighted by Gasteiger charge is -2.33. The minimum absolute atomic E-state index is 0.168. The van der Waals surface area contributed by atoms with Gasteiger partial charge >= 0.3 is 6.03 Å². The van der Waals surface area contributed by atoms with Gasteiger partial charge in [-0.25, -0.2) is 22.9 Å². The van der Waals surface area contributed by atoms with Crippen molar-refractivity contribution < 1.29 is 18.0 Å². The molecule has 2 fully saturated rings. The van der Waals surface area contributed by atoms with Crippen LogP contribution in [0, 0.1) is 6.92 Å². The van der Waals surface area contributed by atoms with E-state index in [1.807, 2.05) is 24.3 Å². The number of rotatable bonds is 7. The van der Waals surface area contributed by atoms with Crippen molar-refractivity contribution in [3.05, 3.63) is 47.9 Å². The summed E-state index contributed by atoms with van der Waals surface area (Å²) >= 11 is 0. The van der Waals surface area contributed by atoms with E-state index in [4.69, 9.17) is 0 Å². The van der Waals surface area contributed by atoms with Crippen molar-refractivity contribution in [3.8, 4) is 0 Å². The SMILES string of the molecule is Cc1cnc(NC(=O)N[C@@H]2CCCN(c3ccc(C4(CNS(C)(=O)=O)CC4)cc3)C2=O)cn1. The number of hydrogen-bond acceptors (Lipinski definition) is 6. The Hall–Kier alpha value is -3.05. The van der Waals surface area contributed by atoms with Gasteiger partial charge in [-0.1, -0.05) is 12.1 Å². The van der Waals surface area contributed by atoms with Gasteiger partial charge in [0.1, 0.15) is 6.04 Å². The molecule has 2 aliphatic rings. The summed E-state index contributed by atoms with van der Waals surface area (Å²) in [6.45, 7) is 2.75. The van der Waals surface area contributed by atoms with Crippen molar-refractivity contribution in [3.63, 3.8) is 0 Å². The zero-order valence-electron chi connectivity index (χ0n) is 18.7. The van der Waals surface area contributed by atoms with Crippen LogP contribution >= 0.6 is 0 Å². The topological polar surface area (TPSA) is 133 Å². The summed E-state index contributed by atoms with van der Waals surface area (Å²) < 4.78 is 25.5. The van der Waals surface area contributed by atoms with E-state index in [9.17, 15) is 18.0 Å². The molecule has 10 nitrogen and oxygen atoms in total. The number of hydrogen-bond donors (Lipinski definition) is 3. The van der Waals surface area contributed by atoms with Gasteiger partial charge in [0.15, 0.2) is 5.82 Å². The van der Waals surface area contributed by atoms with Crippen LogP contribution in [0.4, 0.5) is 16.3 Å². The summed E-state index contributed by atoms with van der Waals surface area (Å²) in [5.41, 5.74) is 2.38. The molecule has 1 atom stereocenters. The van der Waals surface area contributed by atoms with Crippen LogP contribution in [-0.4, -0.2) is 55.7 Å². The van der Waals surface area contributed by atoms with Gasteiger partial charge in [-0.2, -0.15) is 0 Å². The highest BCUT2D eigenvalue weighted by atomic mass is 32.2. The second-order valence-corrected chi connectivity index (χ2v) is 10.6. The lowest BCUT2D eigenvalue weighted by Crippen LogP contribution is -2.53. The molecule has 0 unspecified atom stereocenters. The minimum atomic E-state index is -3.25. The van der Waals surface area contributed by atoms with Crippen LogP contribution in [0.5, 0.6) is 0 Å². The number of benzene rings is 1. The average molecular weight is 473 g/mol. The van der Waals surface area contributed by atoms with Crippen molar-refractivity contribution in [2.24, 2.45) is 0 Å². The largest absolute Gasteiger partial charge is 0.326 e. The number of carbonyl (C=O) groups is 2. The van der Waals surface area contributed by atoms with Crippen LogP contribution in [0.3, 0.4) is 0 Å². The minimum Gasteiger partial charge on any atom is -0.326 e. The molecule has 176 valence electrons. The van der Waals surface area contributed by atoms with Gasteiger partial charge in [-0.3, -0.25) is 15.1 Å². The molecule has 3 N–H and O–H groups in total. The molecule has 0 radical (unpaired) electrons. The molecular formula is C22H28N6O4S. The van der Waals surface area contributed by atoms with E-state index in [-0.39, 0.29) is 11.3 Å². The molecule has 4 rings (SSSR count). The molecule has 33 heavy (non-hydrogen) atoms. The third kappa shape index (κ3) is 5.66. The lowest BCUT2D eigenvalue weighted by atomic mass is 9.95. The van der Waals surface area contributed by atoms with Crippen LogP contribution < -0.4 is 20.3 Å². The van der Waals surface area contributed by atoms with Crippen LogP contribution in [0.15, 0.2) is 36.7 Å². The van der Waals surface area contributed by atoms with Crippen LogP contribution in [0.1, 0.15) is 36.9 Å². The highest BCUT2D eigenvalue weighted by Gasteiger charge is 2.44. The number of amides is 3. The first kappa shape index (κ1) is 23.1. The van der Waals surface area contributed by atoms with E-state index >= 15 is 0 Å². The van der Waals surface area contributed by atoms with Gasteiger partial charge in [0, 0.05) is 24.2 Å². The van der Waals surface area contributed by atoms with Crippen LogP contribution in [-0.2, 0) is 20.2 Å². The maximum atomic E-state index is 13.0. The quantitative estimate of drug-likeness (QED) is 0.562. The number of aromatic nitrogens is 2. The predicted molar refractivity (Wildman–Crippen MR) is 124 cm³/mol. The van der Waals surface area contributed by atoms with Gasteiger partial charge in [0.05, 0.1) is 24.3 Å². The molecule has 1 aliphatic carbocycles. The Balaban J connectivity index is 1.38. The van der Waals surface area contributed by atoms with Gasteiger partial charge in [0.25, 0.3) is 0 Å².